The third kappa shape index (κ3) is 3.70. The summed E-state index contributed by atoms with van der Waals surface area (Å²) in [5.74, 6) is 0.201. The molecule has 0 aliphatic carbocycles. The van der Waals surface area contributed by atoms with Crippen LogP contribution in [0.1, 0.15) is 42.9 Å². The maximum Gasteiger partial charge on any atom is 0.269 e. The molecule has 1 N–H and O–H groups in total. The van der Waals surface area contributed by atoms with Gasteiger partial charge in [0.1, 0.15) is 5.69 Å². The molecule has 17 heavy (non-hydrogen) atoms. The number of nitrogens with zero attached hydrogens (tertiary/aromatic N) is 2. The number of aromatic nitrogens is 2. The second kappa shape index (κ2) is 6.00. The van der Waals surface area contributed by atoms with Crippen LogP contribution in [0.3, 0.4) is 0 Å². The summed E-state index contributed by atoms with van der Waals surface area (Å²) in [6.07, 6.45) is 0. The minimum absolute atomic E-state index is 0.119. The lowest BCUT2D eigenvalue weighted by molar-refractivity contribution is 0.0947. The van der Waals surface area contributed by atoms with Gasteiger partial charge in [0.15, 0.2) is 0 Å². The average molecular weight is 300 g/mol. The van der Waals surface area contributed by atoms with E-state index in [0.29, 0.717) is 24.7 Å². The van der Waals surface area contributed by atoms with Gasteiger partial charge in [-0.15, -0.1) is 0 Å². The Bertz CT molecular complexity index is 423. The van der Waals surface area contributed by atoms with Crippen molar-refractivity contribution in [1.29, 1.82) is 0 Å². The summed E-state index contributed by atoms with van der Waals surface area (Å²) in [6.45, 7) is 10.9. The zero-order chi connectivity index (χ0) is 13.0. The highest BCUT2D eigenvalue weighted by Crippen LogP contribution is 2.14. The fourth-order valence-electron chi connectivity index (χ4n) is 1.41. The van der Waals surface area contributed by atoms with Crippen LogP contribution in [0.25, 0.3) is 0 Å². The van der Waals surface area contributed by atoms with Crippen LogP contribution in [0, 0.1) is 0 Å². The van der Waals surface area contributed by atoms with E-state index in [2.05, 4.69) is 46.8 Å². The number of hydrogen-bond acceptors (Lipinski definition) is 2. The van der Waals surface area contributed by atoms with Crippen LogP contribution < -0.4 is 5.32 Å². The Morgan fingerprint density at radius 2 is 2.29 bits per heavy atom. The number of aryl methyl sites for hydroxylation is 1. The molecule has 1 heterocycles. The first-order valence-electron chi connectivity index (χ1n) is 5.65. The molecule has 0 radical (unpaired) electrons. The molecule has 0 spiro atoms. The second-order valence-corrected chi connectivity index (χ2v) is 5.25. The molecule has 0 aliphatic heterocycles. The molecule has 1 rings (SSSR count). The molecule has 1 aromatic rings. The van der Waals surface area contributed by atoms with Crippen molar-refractivity contribution in [3.63, 3.8) is 0 Å². The Hall–Kier alpha value is -1.10. The molecule has 1 amide bonds. The standard InChI is InChI=1S/C12H18BrN3O/c1-5-16-11(6-10(15-16)8(2)3)12(17)14-7-9(4)13/h6,8H,4-5,7H2,1-3H3,(H,14,17). The van der Waals surface area contributed by atoms with E-state index in [1.54, 1.807) is 4.68 Å². The Morgan fingerprint density at radius 3 is 2.76 bits per heavy atom. The molecular formula is C12H18BrN3O. The topological polar surface area (TPSA) is 46.9 Å². The highest BCUT2D eigenvalue weighted by Gasteiger charge is 2.15. The maximum absolute atomic E-state index is 11.9. The molecule has 0 atom stereocenters. The molecule has 0 aliphatic rings. The Kier molecular flexibility index (Phi) is 4.93. The van der Waals surface area contributed by atoms with E-state index < -0.39 is 0 Å². The molecule has 0 bridgehead atoms. The van der Waals surface area contributed by atoms with Crippen LogP contribution in [-0.4, -0.2) is 22.2 Å². The summed E-state index contributed by atoms with van der Waals surface area (Å²) >= 11 is 3.21. The first-order valence-corrected chi connectivity index (χ1v) is 6.44. The predicted octanol–water partition coefficient (Wildman–Crippen LogP) is 2.66. The lowest BCUT2D eigenvalue weighted by Crippen LogP contribution is -2.26. The largest absolute Gasteiger partial charge is 0.346 e. The minimum atomic E-state index is -0.119. The molecule has 0 fully saturated rings. The Balaban J connectivity index is 2.88. The normalized spacial score (nSPS) is 10.6. The quantitative estimate of drug-likeness (QED) is 0.908. The van der Waals surface area contributed by atoms with Crippen molar-refractivity contribution in [2.24, 2.45) is 0 Å². The van der Waals surface area contributed by atoms with Gasteiger partial charge in [-0.2, -0.15) is 5.10 Å². The van der Waals surface area contributed by atoms with Crippen LogP contribution >= 0.6 is 15.9 Å². The van der Waals surface area contributed by atoms with E-state index in [9.17, 15) is 4.79 Å². The van der Waals surface area contributed by atoms with Gasteiger partial charge in [0.2, 0.25) is 0 Å². The van der Waals surface area contributed by atoms with E-state index in [0.717, 1.165) is 10.2 Å². The SMILES string of the molecule is C=C(Br)CNC(=O)c1cc(C(C)C)nn1CC. The molecule has 94 valence electrons. The predicted molar refractivity (Wildman–Crippen MR) is 72.4 cm³/mol. The van der Waals surface area contributed by atoms with Crippen LogP contribution in [0.4, 0.5) is 0 Å². The first kappa shape index (κ1) is 14.0. The summed E-state index contributed by atoms with van der Waals surface area (Å²) in [4.78, 5) is 11.9. The van der Waals surface area contributed by atoms with Crippen molar-refractivity contribution in [3.8, 4) is 0 Å². The van der Waals surface area contributed by atoms with E-state index >= 15 is 0 Å². The van der Waals surface area contributed by atoms with Gasteiger partial charge in [0.25, 0.3) is 5.91 Å². The number of amides is 1. The van der Waals surface area contributed by atoms with Crippen molar-refractivity contribution < 1.29 is 4.79 Å². The maximum atomic E-state index is 11.9. The van der Waals surface area contributed by atoms with Gasteiger partial charge in [-0.25, -0.2) is 0 Å². The first-order chi connectivity index (χ1) is 7.95. The van der Waals surface area contributed by atoms with Crippen molar-refractivity contribution in [2.45, 2.75) is 33.2 Å². The fourth-order valence-corrected chi connectivity index (χ4v) is 1.55. The van der Waals surface area contributed by atoms with Crippen LogP contribution in [-0.2, 0) is 6.54 Å². The van der Waals surface area contributed by atoms with Crippen LogP contribution in [0.15, 0.2) is 17.1 Å². The van der Waals surface area contributed by atoms with Crippen molar-refractivity contribution >= 4 is 21.8 Å². The molecule has 4 nitrogen and oxygen atoms in total. The van der Waals surface area contributed by atoms with Gasteiger partial charge in [-0.05, 0) is 18.9 Å². The highest BCUT2D eigenvalue weighted by molar-refractivity contribution is 9.11. The van der Waals surface area contributed by atoms with Crippen molar-refractivity contribution in [3.05, 3.63) is 28.5 Å². The monoisotopic (exact) mass is 299 g/mol. The van der Waals surface area contributed by atoms with E-state index in [1.807, 2.05) is 13.0 Å². The van der Waals surface area contributed by atoms with E-state index in [1.165, 1.54) is 0 Å². The molecule has 0 saturated heterocycles. The highest BCUT2D eigenvalue weighted by atomic mass is 79.9. The lowest BCUT2D eigenvalue weighted by Gasteiger charge is -2.05. The zero-order valence-electron chi connectivity index (χ0n) is 10.5. The van der Waals surface area contributed by atoms with Crippen molar-refractivity contribution in [1.82, 2.24) is 15.1 Å². The third-order valence-corrected chi connectivity index (χ3v) is 2.64. The summed E-state index contributed by atoms with van der Waals surface area (Å²) in [5, 5.41) is 7.18. The molecular weight excluding hydrogens is 282 g/mol. The molecule has 1 aromatic heterocycles. The van der Waals surface area contributed by atoms with Crippen LogP contribution in [0.5, 0.6) is 0 Å². The van der Waals surface area contributed by atoms with Gasteiger partial charge >= 0.3 is 0 Å². The fraction of sp³-hybridized carbons (Fsp3) is 0.500. The third-order valence-electron chi connectivity index (χ3n) is 2.36. The Morgan fingerprint density at radius 1 is 1.65 bits per heavy atom. The number of nitrogens with one attached hydrogen (secondary N) is 1. The molecule has 0 aromatic carbocycles. The smallest absolute Gasteiger partial charge is 0.269 e. The molecule has 5 heteroatoms. The van der Waals surface area contributed by atoms with Gasteiger partial charge in [0.05, 0.1) is 5.69 Å². The number of carbonyl (C=O) groups excluding carboxylic acids is 1. The van der Waals surface area contributed by atoms with Crippen LogP contribution in [0.2, 0.25) is 0 Å². The second-order valence-electron chi connectivity index (χ2n) is 4.12. The summed E-state index contributed by atoms with van der Waals surface area (Å²) in [7, 11) is 0. The number of rotatable bonds is 5. The van der Waals surface area contributed by atoms with E-state index in [-0.39, 0.29) is 5.91 Å². The van der Waals surface area contributed by atoms with Gasteiger partial charge < -0.3 is 5.32 Å². The van der Waals surface area contributed by atoms with E-state index in [4.69, 9.17) is 0 Å². The van der Waals surface area contributed by atoms with Gasteiger partial charge in [-0.3, -0.25) is 9.48 Å². The zero-order valence-corrected chi connectivity index (χ0v) is 12.0. The summed E-state index contributed by atoms with van der Waals surface area (Å²) < 4.78 is 2.47. The number of carbonyl (C=O) groups is 1. The van der Waals surface area contributed by atoms with Gasteiger partial charge in [0, 0.05) is 17.6 Å². The van der Waals surface area contributed by atoms with Crippen molar-refractivity contribution in [2.75, 3.05) is 6.54 Å². The summed E-state index contributed by atoms with van der Waals surface area (Å²) in [5.41, 5.74) is 1.54. The van der Waals surface area contributed by atoms with Gasteiger partial charge in [-0.1, -0.05) is 36.4 Å². The molecule has 0 saturated carbocycles. The minimum Gasteiger partial charge on any atom is -0.346 e. The average Bonchev–Trinajstić information content (AvgIpc) is 2.69. The number of halogens is 1. The lowest BCUT2D eigenvalue weighted by atomic mass is 10.1. The molecule has 0 unspecified atom stereocenters. The Labute approximate surface area is 110 Å². The summed E-state index contributed by atoms with van der Waals surface area (Å²) in [6, 6.07) is 1.85. The number of hydrogen-bond donors (Lipinski definition) is 1.